The van der Waals surface area contributed by atoms with Gasteiger partial charge < -0.3 is 80.7 Å². The number of aromatic nitrogens is 12. The van der Waals surface area contributed by atoms with E-state index in [9.17, 15) is 58.3 Å². The molecule has 0 aliphatic carbocycles. The van der Waals surface area contributed by atoms with Gasteiger partial charge in [-0.15, -0.1) is 4.67 Å². The van der Waals surface area contributed by atoms with Gasteiger partial charge in [-0.1, -0.05) is 6.92 Å². The third-order valence-corrected chi connectivity index (χ3v) is 17.2. The Morgan fingerprint density at radius 1 is 0.618 bits per heavy atom. The summed E-state index contributed by atoms with van der Waals surface area (Å²) in [6.07, 6.45) is -2.78. The van der Waals surface area contributed by atoms with Gasteiger partial charge in [0.1, 0.15) is 47.3 Å². The van der Waals surface area contributed by atoms with Crippen LogP contribution in [0.15, 0.2) is 33.4 Å². The number of anilines is 3. The molecule has 6 aliphatic rings. The number of nitrogens with one attached hydrogen (secondary N) is 3. The maximum Gasteiger partial charge on any atom is 0.508 e. The molecular formula is C34H44N15O24P3. The Labute approximate surface area is 418 Å². The topological polar surface area (TPSA) is 574 Å². The zero-order chi connectivity index (χ0) is 54.7. The molecule has 0 aromatic carbocycles. The monoisotopic (exact) mass is 1140 g/mol. The van der Waals surface area contributed by atoms with Crippen LogP contribution in [-0.2, 0) is 59.9 Å². The van der Waals surface area contributed by atoms with E-state index in [4.69, 9.17) is 55.8 Å². The number of imidazole rings is 3. The van der Waals surface area contributed by atoms with E-state index in [0.29, 0.717) is 12.3 Å². The lowest BCUT2D eigenvalue weighted by atomic mass is 9.91. The number of ether oxygens (including phenoxy) is 6. The molecule has 6 fully saturated rings. The van der Waals surface area contributed by atoms with E-state index in [1.165, 1.54) is 21.8 Å². The summed E-state index contributed by atoms with van der Waals surface area (Å²) in [4.78, 5) is 94.5. The van der Waals surface area contributed by atoms with Crippen molar-refractivity contribution in [3.8, 4) is 0 Å². The van der Waals surface area contributed by atoms with E-state index in [1.807, 2.05) is 6.92 Å². The molecule has 17 N–H and O–H groups in total. The van der Waals surface area contributed by atoms with Gasteiger partial charge in [-0.25, -0.2) is 33.9 Å². The van der Waals surface area contributed by atoms with Crippen molar-refractivity contribution in [2.24, 2.45) is 5.92 Å². The van der Waals surface area contributed by atoms with Crippen LogP contribution in [0.25, 0.3) is 33.5 Å². The molecule has 6 unspecified atom stereocenters. The van der Waals surface area contributed by atoms with Gasteiger partial charge in [-0.05, 0) is 0 Å². The molecule has 15 atom stereocenters. The lowest BCUT2D eigenvalue weighted by Gasteiger charge is -2.31. The molecule has 42 heteroatoms. The highest BCUT2D eigenvalue weighted by atomic mass is 31.3. The molecule has 12 heterocycles. The molecule has 39 nitrogen and oxygen atoms in total. The summed E-state index contributed by atoms with van der Waals surface area (Å²) in [6.45, 7) is 0.624. The van der Waals surface area contributed by atoms with E-state index >= 15 is 0 Å². The van der Waals surface area contributed by atoms with Gasteiger partial charge in [0.05, 0.1) is 58.6 Å². The number of nitrogen functional groups attached to an aromatic ring is 3. The fourth-order valence-electron chi connectivity index (χ4n) is 9.42. The number of H-pyrrole nitrogens is 3. The van der Waals surface area contributed by atoms with Crippen LogP contribution >= 0.6 is 23.5 Å². The van der Waals surface area contributed by atoms with E-state index in [2.05, 4.69) is 62.7 Å². The predicted molar refractivity (Wildman–Crippen MR) is 242 cm³/mol. The number of hydrogen-bond donors (Lipinski definition) is 14. The maximum absolute atomic E-state index is 12.1. The second-order valence-corrected chi connectivity index (χ2v) is 22.3. The summed E-state index contributed by atoms with van der Waals surface area (Å²) in [6, 6.07) is 0. The molecule has 0 spiro atoms. The first-order chi connectivity index (χ1) is 35.8. The molecule has 6 aromatic heterocycles. The van der Waals surface area contributed by atoms with E-state index in [-0.39, 0.29) is 84.1 Å². The molecule has 0 amide bonds. The van der Waals surface area contributed by atoms with Gasteiger partial charge in [-0.3, -0.25) is 47.6 Å². The van der Waals surface area contributed by atoms with Crippen molar-refractivity contribution in [3.05, 3.63) is 50.0 Å². The number of aliphatic hydroxyl groups excluding tert-OH is 4. The second-order valence-electron chi connectivity index (χ2n) is 17.8. The average Bonchev–Trinajstić information content (AvgIpc) is 4.32. The third-order valence-electron chi connectivity index (χ3n) is 13.2. The number of fused-ring (bicyclic) bond motifs is 9. The summed E-state index contributed by atoms with van der Waals surface area (Å²) < 4.78 is 88.1. The summed E-state index contributed by atoms with van der Waals surface area (Å²) in [5.41, 5.74) is 12.3. The molecule has 6 aromatic rings. The highest BCUT2D eigenvalue weighted by molar-refractivity contribution is 7.66. The highest BCUT2D eigenvalue weighted by Crippen LogP contribution is 2.68. The Morgan fingerprint density at radius 2 is 0.987 bits per heavy atom. The van der Waals surface area contributed by atoms with Gasteiger partial charge in [0.15, 0.2) is 52.2 Å². The SMILES string of the molecule is CC1[C@@H]2OC[C@]1(CO)O[C@H]2n1cnc2c(=O)[nH]c(N)nc21.Nc1nc2c(ncn2[C@@H]2O[C@@]3(CO)CO[C@H]2C3O)c(=O)[nH]1.Nc1nc2c(ncn2[C@@H]2O[C@@]3(COP(=O)(O)OP(=O)(O)OP(=O)(O)OO)CO[C@H]2C3O)c(=O)[nH]1. The number of nitrogens with two attached hydrogens (primary N) is 3. The smallest absolute Gasteiger partial charge is 0.393 e. The second kappa shape index (κ2) is 19.1. The zero-order valence-corrected chi connectivity index (χ0v) is 41.1. The molecule has 414 valence electrons. The summed E-state index contributed by atoms with van der Waals surface area (Å²) in [7, 11) is -16.8. The van der Waals surface area contributed by atoms with Gasteiger partial charge in [-0.2, -0.15) is 23.6 Å². The minimum Gasteiger partial charge on any atom is -0.393 e. The zero-order valence-electron chi connectivity index (χ0n) is 38.4. The van der Waals surface area contributed by atoms with Crippen molar-refractivity contribution < 1.29 is 100 Å². The first-order valence-corrected chi connectivity index (χ1v) is 26.3. The number of phosphoric ester groups is 1. The van der Waals surface area contributed by atoms with Gasteiger partial charge >= 0.3 is 23.5 Å². The molecule has 6 aliphatic heterocycles. The van der Waals surface area contributed by atoms with Crippen LogP contribution in [0.4, 0.5) is 17.8 Å². The molecule has 6 bridgehead atoms. The molecule has 0 saturated carbocycles. The maximum atomic E-state index is 12.1. The Kier molecular flexibility index (Phi) is 13.5. The molecule has 6 saturated heterocycles. The lowest BCUT2D eigenvalue weighted by molar-refractivity contribution is -0.185. The van der Waals surface area contributed by atoms with Crippen LogP contribution in [0.5, 0.6) is 0 Å². The Bertz CT molecular complexity index is 3450. The molecule has 12 rings (SSSR count). The number of hydrogen-bond acceptors (Lipinski definition) is 30. The largest absolute Gasteiger partial charge is 0.508 e. The summed E-state index contributed by atoms with van der Waals surface area (Å²) >= 11 is 0. The average molecular weight is 1140 g/mol. The number of nitrogens with zero attached hydrogens (tertiary/aromatic N) is 9. The Hall–Kier alpha value is -5.58. The number of aliphatic hydroxyl groups is 4. The first-order valence-electron chi connectivity index (χ1n) is 21.8. The molecule has 0 radical (unpaired) electrons. The number of phosphoric acid groups is 3. The summed E-state index contributed by atoms with van der Waals surface area (Å²) in [5, 5.41) is 48.0. The van der Waals surface area contributed by atoms with Crippen molar-refractivity contribution in [2.75, 3.05) is 56.8 Å². The number of rotatable bonds is 13. The van der Waals surface area contributed by atoms with Crippen molar-refractivity contribution >= 4 is 74.8 Å². The summed E-state index contributed by atoms with van der Waals surface area (Å²) in [5.74, 6) is -0.224. The van der Waals surface area contributed by atoms with E-state index in [0.717, 1.165) is 6.33 Å². The first kappa shape index (κ1) is 53.8. The van der Waals surface area contributed by atoms with E-state index in [1.54, 1.807) is 4.57 Å². The van der Waals surface area contributed by atoms with Crippen LogP contribution in [-0.4, -0.2) is 186 Å². The lowest BCUT2D eigenvalue weighted by Crippen LogP contribution is -2.44. The van der Waals surface area contributed by atoms with Gasteiger partial charge in [0, 0.05) is 5.92 Å². The van der Waals surface area contributed by atoms with E-state index < -0.39 is 107 Å². The van der Waals surface area contributed by atoms with Gasteiger partial charge in [0.25, 0.3) is 16.7 Å². The van der Waals surface area contributed by atoms with Crippen LogP contribution in [0.2, 0.25) is 0 Å². The minimum atomic E-state index is -5.77. The predicted octanol–water partition coefficient (Wildman–Crippen LogP) is -4.71. The molecule has 76 heavy (non-hydrogen) atoms. The quantitative estimate of drug-likeness (QED) is 0.0293. The van der Waals surface area contributed by atoms with Crippen LogP contribution < -0.4 is 33.9 Å². The van der Waals surface area contributed by atoms with Crippen molar-refractivity contribution in [2.45, 2.75) is 72.9 Å². The fourth-order valence-corrected chi connectivity index (χ4v) is 12.6. The normalized spacial score (nSPS) is 33.5. The van der Waals surface area contributed by atoms with Crippen LogP contribution in [0.1, 0.15) is 25.6 Å². The van der Waals surface area contributed by atoms with Crippen LogP contribution in [0.3, 0.4) is 0 Å². The van der Waals surface area contributed by atoms with Crippen molar-refractivity contribution in [1.29, 1.82) is 0 Å². The molecular weight excluding hydrogens is 1100 g/mol. The number of aromatic amines is 3. The van der Waals surface area contributed by atoms with Crippen molar-refractivity contribution in [3.63, 3.8) is 0 Å². The standard InChI is InChI=1S/C12H15N5O4.C11H16N5O15P3.C11H13N5O5/c1-5-7-10(21-12(5,2-18)3-20-7)17-4-14-6-8(17)15-11(13)16-9(6)19;12-10-14-7-4(8(18)15-10)13-3-16(7)9-5-6(17)11(28-9,1-26-5)2-27-32(20,21)30-34(24,25)31-33(22,23)29-19;12-10-14-7-4(8(19)15-10)13-3-16(7)9-5-6(18)11(1-17,21-9)2-20-5/h4-5,7,10,18H,2-3H2,1H3,(H3,13,15,16,19);3,5-6,9,17,19H,1-2H2,(H,20,21)(H,22,23)(H,24,25)(H3,12,14,15,18);3,5-6,9,17-18H,1-2H2,(H3,12,14,15,19)/t5?,7-,10+,12-;5-,6?,9+,11+;5-,6?,9+,11-/m000/s1. The third kappa shape index (κ3) is 9.14. The van der Waals surface area contributed by atoms with Crippen molar-refractivity contribution in [1.82, 2.24) is 58.6 Å². The Balaban J connectivity index is 0.000000136. The Morgan fingerprint density at radius 3 is 1.41 bits per heavy atom. The van der Waals surface area contributed by atoms with Crippen LogP contribution in [0, 0.1) is 5.92 Å². The van der Waals surface area contributed by atoms with Gasteiger partial charge in [0.2, 0.25) is 17.8 Å². The minimum absolute atomic E-state index is 0.0141. The highest BCUT2D eigenvalue weighted by Gasteiger charge is 2.64. The fraction of sp³-hybridized carbons (Fsp3) is 0.559.